The largest absolute Gasteiger partial charge is 0.467 e. The number of nitrogens with zero attached hydrogens (tertiary/aromatic N) is 5. The highest BCUT2D eigenvalue weighted by Gasteiger charge is 2.37. The fraction of sp³-hybridized carbons (Fsp3) is 0.544. The van der Waals surface area contributed by atoms with Crippen molar-refractivity contribution >= 4 is 41.5 Å². The van der Waals surface area contributed by atoms with E-state index in [1.807, 2.05) is 40.1 Å². The average Bonchev–Trinajstić information content (AvgIpc) is 4.08. The summed E-state index contributed by atoms with van der Waals surface area (Å²) < 4.78 is 13.4. The van der Waals surface area contributed by atoms with Crippen LogP contribution in [0.5, 0.6) is 0 Å². The number of ether oxygens (including phenoxy) is 2. The molecule has 6 rings (SSSR count). The molecule has 15 nitrogen and oxygen atoms in total. The van der Waals surface area contributed by atoms with E-state index in [-0.39, 0.29) is 40.7 Å². The van der Waals surface area contributed by atoms with Gasteiger partial charge in [0.05, 0.1) is 35.6 Å². The number of likely N-dealkylation sites (N-methyl/N-ethyl adjacent to an activating group) is 1. The van der Waals surface area contributed by atoms with Gasteiger partial charge in [-0.15, -0.1) is 0 Å². The van der Waals surface area contributed by atoms with Gasteiger partial charge in [-0.1, -0.05) is 76.8 Å². The van der Waals surface area contributed by atoms with Crippen molar-refractivity contribution in [1.82, 2.24) is 35.1 Å². The Labute approximate surface area is 427 Å². The molecular weight excluding hydrogens is 909 g/mol. The quantitative estimate of drug-likeness (QED) is 0.0292. The van der Waals surface area contributed by atoms with Crippen LogP contribution in [0.2, 0.25) is 0 Å². The summed E-state index contributed by atoms with van der Waals surface area (Å²) in [6, 6.07) is 19.2. The Bertz CT molecular complexity index is 2540. The molecule has 0 aliphatic carbocycles. The Morgan fingerprint density at radius 1 is 1.03 bits per heavy atom. The number of hydrogen-bond acceptors (Lipinski definition) is 10. The van der Waals surface area contributed by atoms with Gasteiger partial charge in [0.15, 0.2) is 0 Å². The highest BCUT2D eigenvalue weighted by atomic mass is 16.5. The highest BCUT2D eigenvalue weighted by Crippen LogP contribution is 2.42. The van der Waals surface area contributed by atoms with Crippen LogP contribution in [-0.2, 0) is 52.8 Å². The van der Waals surface area contributed by atoms with Crippen LogP contribution < -0.4 is 16.6 Å². The van der Waals surface area contributed by atoms with Crippen LogP contribution in [0.25, 0.3) is 33.3 Å². The van der Waals surface area contributed by atoms with E-state index in [1.165, 1.54) is 38.1 Å². The van der Waals surface area contributed by atoms with E-state index in [0.717, 1.165) is 88.0 Å². The fourth-order valence-electron chi connectivity index (χ4n) is 10.2. The minimum absolute atomic E-state index is 0.0643. The van der Waals surface area contributed by atoms with Gasteiger partial charge in [-0.05, 0) is 138 Å². The lowest BCUT2D eigenvalue weighted by Crippen LogP contribution is -2.50. The zero-order chi connectivity index (χ0) is 52.6. The van der Waals surface area contributed by atoms with Gasteiger partial charge in [0.2, 0.25) is 18.2 Å². The second kappa shape index (κ2) is 26.6. The number of benzene rings is 2. The molecule has 72 heavy (non-hydrogen) atoms. The van der Waals surface area contributed by atoms with Crippen LogP contribution in [0.3, 0.4) is 0 Å². The predicted octanol–water partition coefficient (Wildman–Crippen LogP) is 7.48. The molecule has 2 aliphatic heterocycles. The molecule has 15 heteroatoms. The van der Waals surface area contributed by atoms with Crippen molar-refractivity contribution < 1.29 is 33.4 Å². The van der Waals surface area contributed by atoms with Gasteiger partial charge in [-0.25, -0.2) is 5.43 Å². The van der Waals surface area contributed by atoms with Crippen molar-refractivity contribution in [3.05, 3.63) is 77.6 Å². The van der Waals surface area contributed by atoms with Crippen molar-refractivity contribution in [3.8, 4) is 34.2 Å². The number of unbranched alkanes of at least 4 members (excludes halogenated alkanes) is 3. The third kappa shape index (κ3) is 14.5. The number of nitrogens with one attached hydrogen (secondary N) is 2. The topological polar surface area (TPSA) is 181 Å². The molecule has 390 valence electrons. The Balaban J connectivity index is 0.000000304. The zero-order valence-corrected chi connectivity index (χ0v) is 44.5. The highest BCUT2D eigenvalue weighted by molar-refractivity contribution is 5.96. The SMILES string of the molecule is CC(C)C(C(N)=O)N(C)C(=O)[C@H]1CCN(C(=O)C#C[C@]2(C)CCCN2C)C1.CCn1c(-c2cccnc2C(C)OC)c(CC(C)(C)COC=O)c2cc(-c3cccc(CCCCCCNNC=O)c3)ccc21. The lowest BCUT2D eigenvalue weighted by Gasteiger charge is -2.30. The summed E-state index contributed by atoms with van der Waals surface area (Å²) in [5.41, 5.74) is 19.5. The summed E-state index contributed by atoms with van der Waals surface area (Å²) in [6.45, 7) is 18.6. The van der Waals surface area contributed by atoms with Crippen LogP contribution in [-0.4, -0.2) is 120 Å². The number of fused-ring (bicyclic) bond motifs is 1. The maximum atomic E-state index is 12.8. The predicted molar refractivity (Wildman–Crippen MR) is 284 cm³/mol. The number of aromatic nitrogens is 2. The molecule has 0 saturated carbocycles. The number of amides is 4. The molecule has 0 radical (unpaired) electrons. The smallest absolute Gasteiger partial charge is 0.298 e. The lowest BCUT2D eigenvalue weighted by molar-refractivity contribution is -0.142. The monoisotopic (exact) mass is 989 g/mol. The Kier molecular flexibility index (Phi) is 21.0. The average molecular weight is 989 g/mol. The molecule has 4 N–H and O–H groups in total. The third-order valence-electron chi connectivity index (χ3n) is 14.4. The summed E-state index contributed by atoms with van der Waals surface area (Å²) in [4.78, 5) is 68.4. The Morgan fingerprint density at radius 3 is 2.44 bits per heavy atom. The molecule has 0 bridgehead atoms. The van der Waals surface area contributed by atoms with Gasteiger partial charge in [0.25, 0.3) is 12.4 Å². The van der Waals surface area contributed by atoms with Crippen LogP contribution in [0, 0.1) is 29.1 Å². The van der Waals surface area contributed by atoms with Crippen molar-refractivity contribution in [3.63, 3.8) is 0 Å². The van der Waals surface area contributed by atoms with E-state index in [1.54, 1.807) is 19.1 Å². The van der Waals surface area contributed by atoms with Gasteiger partial charge in [-0.3, -0.25) is 39.3 Å². The number of nitrogens with two attached hydrogens (primary N) is 1. The van der Waals surface area contributed by atoms with Crippen molar-refractivity contribution in [2.75, 3.05) is 54.0 Å². The normalized spacial score (nSPS) is 17.7. The summed E-state index contributed by atoms with van der Waals surface area (Å²) >= 11 is 0. The maximum Gasteiger partial charge on any atom is 0.298 e. The second-order valence-corrected chi connectivity index (χ2v) is 20.7. The van der Waals surface area contributed by atoms with Gasteiger partial charge < -0.3 is 29.6 Å². The first kappa shape index (κ1) is 56.8. The number of carbonyl (C=O) groups is 5. The number of rotatable bonds is 23. The molecule has 4 amide bonds. The number of likely N-dealkylation sites (tertiary alicyclic amines) is 2. The summed E-state index contributed by atoms with van der Waals surface area (Å²) in [6.07, 6.45) is 11.1. The van der Waals surface area contributed by atoms with Crippen molar-refractivity contribution in [2.24, 2.45) is 23.0 Å². The minimum Gasteiger partial charge on any atom is -0.467 e. The Hall–Kier alpha value is -6.08. The van der Waals surface area contributed by atoms with E-state index in [0.29, 0.717) is 39.0 Å². The maximum absolute atomic E-state index is 12.8. The van der Waals surface area contributed by atoms with Gasteiger partial charge >= 0.3 is 0 Å². The minimum atomic E-state index is -0.639. The zero-order valence-electron chi connectivity index (χ0n) is 44.5. The standard InChI is InChI=1S/C37H48N4O4.C20H32N4O3/c1-6-41-34-18-17-30(29-15-11-14-28(21-29)13-9-7-8-10-20-39-40-25-42)22-32(34)33(23-37(3,4)24-45-26-43)36(41)31-16-12-19-38-35(31)27(2)44-5;1-14(2)17(18(21)26)23(5)19(27)15-8-12-24(13-15)16(25)7-10-20(3)9-6-11-22(20)4/h11-12,14-19,21-22,25-27,39H,6-10,13,20,23-24H2,1-5H3,(H,40,42);14-15,17H,6,8-9,11-13H2,1-5H3,(H2,21,26)/t;15-,17?,20-/m.0/s1. The van der Waals surface area contributed by atoms with Crippen LogP contribution in [0.4, 0.5) is 0 Å². The molecule has 2 aromatic heterocycles. The van der Waals surface area contributed by atoms with E-state index in [2.05, 4.69) is 108 Å². The van der Waals surface area contributed by atoms with E-state index >= 15 is 0 Å². The third-order valence-corrected chi connectivity index (χ3v) is 14.4. The van der Waals surface area contributed by atoms with Crippen molar-refractivity contribution in [1.29, 1.82) is 0 Å². The van der Waals surface area contributed by atoms with E-state index in [4.69, 9.17) is 20.2 Å². The molecule has 4 aromatic rings. The number of aryl methyl sites for hydroxylation is 2. The number of primary amides is 1. The second-order valence-electron chi connectivity index (χ2n) is 20.7. The first-order valence-corrected chi connectivity index (χ1v) is 25.7. The molecule has 2 unspecified atom stereocenters. The molecule has 0 spiro atoms. The number of hydrazine groups is 1. The molecule has 2 aliphatic rings. The molecule has 2 saturated heterocycles. The van der Waals surface area contributed by atoms with Crippen molar-refractivity contribution in [2.45, 2.75) is 130 Å². The fourth-order valence-corrected chi connectivity index (χ4v) is 10.2. The van der Waals surface area contributed by atoms with Gasteiger partial charge in [-0.2, -0.15) is 0 Å². The van der Waals surface area contributed by atoms with E-state index < -0.39 is 11.9 Å². The molecule has 4 heterocycles. The number of carbonyl (C=O) groups excluding carboxylic acids is 5. The van der Waals surface area contributed by atoms with Crippen LogP contribution in [0.1, 0.15) is 116 Å². The molecule has 2 aromatic carbocycles. The number of methoxy groups -OCH3 is 1. The van der Waals surface area contributed by atoms with Gasteiger partial charge in [0.1, 0.15) is 6.04 Å². The van der Waals surface area contributed by atoms with Crippen LogP contribution >= 0.6 is 0 Å². The summed E-state index contributed by atoms with van der Waals surface area (Å²) in [7, 11) is 5.35. The summed E-state index contributed by atoms with van der Waals surface area (Å²) in [5, 5.41) is 1.20. The Morgan fingerprint density at radius 2 is 1.78 bits per heavy atom. The van der Waals surface area contributed by atoms with E-state index in [9.17, 15) is 24.0 Å². The van der Waals surface area contributed by atoms with Gasteiger partial charge in [0, 0.05) is 68.4 Å². The first-order valence-electron chi connectivity index (χ1n) is 25.7. The molecule has 4 atom stereocenters. The molecular formula is C57H80N8O7. The number of hydrogen-bond donors (Lipinski definition) is 3. The lowest BCUT2D eigenvalue weighted by atomic mass is 9.84. The number of pyridine rings is 1. The molecule has 2 fully saturated rings. The summed E-state index contributed by atoms with van der Waals surface area (Å²) in [5.74, 6) is 4.65. The first-order chi connectivity index (χ1) is 34.4. The van der Waals surface area contributed by atoms with Crippen LogP contribution in [0.15, 0.2) is 60.8 Å².